The van der Waals surface area contributed by atoms with E-state index in [9.17, 15) is 14.4 Å². The van der Waals surface area contributed by atoms with Gasteiger partial charge < -0.3 is 14.2 Å². The standard InChI is InChI=1S/C40H76O6/c1-4-7-10-13-15-17-19-21-22-24-27-30-33-39(42)45-36-37(35-44-38(41)32-29-26-12-9-6-3)46-40(43)34-31-28-25-23-20-18-16-14-11-8-5-2/h37H,4-36H2,1-3H3/t37-/m0/s1. The number of ether oxygens (including phenoxy) is 3. The molecule has 0 fully saturated rings. The van der Waals surface area contributed by atoms with Crippen LogP contribution in [0.2, 0.25) is 0 Å². The fourth-order valence-corrected chi connectivity index (χ4v) is 5.79. The predicted octanol–water partition coefficient (Wildman–Crippen LogP) is 12.1. The molecule has 0 amide bonds. The van der Waals surface area contributed by atoms with Crippen molar-refractivity contribution >= 4 is 17.9 Å². The molecule has 0 aliphatic carbocycles. The summed E-state index contributed by atoms with van der Waals surface area (Å²) in [6, 6.07) is 0. The Labute approximate surface area is 285 Å². The van der Waals surface area contributed by atoms with Crippen molar-refractivity contribution in [3.05, 3.63) is 0 Å². The maximum Gasteiger partial charge on any atom is 0.306 e. The summed E-state index contributed by atoms with van der Waals surface area (Å²) in [7, 11) is 0. The lowest BCUT2D eigenvalue weighted by atomic mass is 10.0. The summed E-state index contributed by atoms with van der Waals surface area (Å²) in [5, 5.41) is 0. The molecule has 0 saturated heterocycles. The van der Waals surface area contributed by atoms with E-state index in [-0.39, 0.29) is 31.1 Å². The van der Waals surface area contributed by atoms with Crippen LogP contribution in [0.15, 0.2) is 0 Å². The van der Waals surface area contributed by atoms with Crippen LogP contribution in [0.1, 0.15) is 220 Å². The largest absolute Gasteiger partial charge is 0.462 e. The van der Waals surface area contributed by atoms with Crippen molar-refractivity contribution in [2.45, 2.75) is 226 Å². The molecule has 1 atom stereocenters. The van der Waals surface area contributed by atoms with Gasteiger partial charge in [-0.05, 0) is 19.3 Å². The lowest BCUT2D eigenvalue weighted by Crippen LogP contribution is -2.30. The van der Waals surface area contributed by atoms with Gasteiger partial charge in [0.2, 0.25) is 0 Å². The van der Waals surface area contributed by atoms with Crippen LogP contribution in [0.4, 0.5) is 0 Å². The summed E-state index contributed by atoms with van der Waals surface area (Å²) in [5.41, 5.74) is 0. The van der Waals surface area contributed by atoms with E-state index in [0.29, 0.717) is 19.3 Å². The van der Waals surface area contributed by atoms with Gasteiger partial charge in [-0.25, -0.2) is 0 Å². The van der Waals surface area contributed by atoms with Crippen molar-refractivity contribution in [3.63, 3.8) is 0 Å². The van der Waals surface area contributed by atoms with Crippen LogP contribution in [-0.2, 0) is 28.6 Å². The third-order valence-electron chi connectivity index (χ3n) is 8.86. The Bertz CT molecular complexity index is 679. The molecular formula is C40H76O6. The van der Waals surface area contributed by atoms with Crippen molar-refractivity contribution in [3.8, 4) is 0 Å². The normalized spacial score (nSPS) is 11.8. The fourth-order valence-electron chi connectivity index (χ4n) is 5.79. The molecule has 0 saturated carbocycles. The minimum atomic E-state index is -0.754. The molecule has 46 heavy (non-hydrogen) atoms. The first-order valence-corrected chi connectivity index (χ1v) is 20.0. The highest BCUT2D eigenvalue weighted by Crippen LogP contribution is 2.15. The Morgan fingerprint density at radius 3 is 0.870 bits per heavy atom. The van der Waals surface area contributed by atoms with E-state index in [0.717, 1.165) is 64.2 Å². The van der Waals surface area contributed by atoms with Gasteiger partial charge in [0.1, 0.15) is 13.2 Å². The maximum absolute atomic E-state index is 12.6. The quantitative estimate of drug-likeness (QED) is 0.0381. The molecule has 0 aliphatic heterocycles. The van der Waals surface area contributed by atoms with Crippen molar-refractivity contribution in [2.24, 2.45) is 0 Å². The van der Waals surface area contributed by atoms with Gasteiger partial charge in [0.05, 0.1) is 0 Å². The highest BCUT2D eigenvalue weighted by Gasteiger charge is 2.19. The van der Waals surface area contributed by atoms with Gasteiger partial charge >= 0.3 is 17.9 Å². The summed E-state index contributed by atoms with van der Waals surface area (Å²) < 4.78 is 16.5. The fraction of sp³-hybridized carbons (Fsp3) is 0.925. The van der Waals surface area contributed by atoms with Crippen molar-refractivity contribution in [1.82, 2.24) is 0 Å². The van der Waals surface area contributed by atoms with E-state index in [4.69, 9.17) is 14.2 Å². The molecule has 0 aromatic heterocycles. The van der Waals surface area contributed by atoms with Crippen LogP contribution < -0.4 is 0 Å². The first-order valence-electron chi connectivity index (χ1n) is 20.0. The van der Waals surface area contributed by atoms with Crippen LogP contribution in [0, 0.1) is 0 Å². The molecule has 0 heterocycles. The molecule has 0 N–H and O–H groups in total. The zero-order chi connectivity index (χ0) is 33.8. The minimum absolute atomic E-state index is 0.0646. The Hall–Kier alpha value is -1.59. The predicted molar refractivity (Wildman–Crippen MR) is 192 cm³/mol. The summed E-state index contributed by atoms with van der Waals surface area (Å²) in [6.07, 6.45) is 33.9. The Kier molecular flexibility index (Phi) is 35.0. The minimum Gasteiger partial charge on any atom is -0.462 e. The summed E-state index contributed by atoms with van der Waals surface area (Å²) in [6.45, 7) is 6.54. The third kappa shape index (κ3) is 33.8. The lowest BCUT2D eigenvalue weighted by molar-refractivity contribution is -0.167. The average Bonchev–Trinajstić information content (AvgIpc) is 3.05. The van der Waals surface area contributed by atoms with Crippen molar-refractivity contribution < 1.29 is 28.6 Å². The molecular weight excluding hydrogens is 576 g/mol. The number of carbonyl (C=O) groups excluding carboxylic acids is 3. The Morgan fingerprint density at radius 2 is 0.587 bits per heavy atom. The summed E-state index contributed by atoms with van der Waals surface area (Å²) in [4.78, 5) is 37.2. The van der Waals surface area contributed by atoms with E-state index < -0.39 is 6.10 Å². The number of rotatable bonds is 36. The van der Waals surface area contributed by atoms with Crippen LogP contribution >= 0.6 is 0 Å². The molecule has 6 nitrogen and oxygen atoms in total. The van der Waals surface area contributed by atoms with E-state index in [1.807, 2.05) is 0 Å². The van der Waals surface area contributed by atoms with E-state index in [1.165, 1.54) is 116 Å². The van der Waals surface area contributed by atoms with Crippen molar-refractivity contribution in [1.29, 1.82) is 0 Å². The third-order valence-corrected chi connectivity index (χ3v) is 8.86. The Balaban J connectivity index is 4.25. The number of hydrogen-bond donors (Lipinski definition) is 0. The molecule has 0 bridgehead atoms. The first kappa shape index (κ1) is 44.4. The molecule has 0 radical (unpaired) electrons. The van der Waals surface area contributed by atoms with Crippen LogP contribution in [0.25, 0.3) is 0 Å². The molecule has 0 unspecified atom stereocenters. The smallest absolute Gasteiger partial charge is 0.306 e. The van der Waals surface area contributed by atoms with E-state index in [2.05, 4.69) is 20.8 Å². The lowest BCUT2D eigenvalue weighted by Gasteiger charge is -2.18. The Morgan fingerprint density at radius 1 is 0.348 bits per heavy atom. The zero-order valence-electron chi connectivity index (χ0n) is 30.9. The second-order valence-corrected chi connectivity index (χ2v) is 13.6. The highest BCUT2D eigenvalue weighted by molar-refractivity contribution is 5.71. The molecule has 0 rings (SSSR count). The highest BCUT2D eigenvalue weighted by atomic mass is 16.6. The van der Waals surface area contributed by atoms with Gasteiger partial charge in [-0.2, -0.15) is 0 Å². The average molecular weight is 653 g/mol. The number of unbranched alkanes of at least 4 members (excludes halogenated alkanes) is 25. The van der Waals surface area contributed by atoms with Gasteiger partial charge in [-0.1, -0.05) is 181 Å². The molecule has 0 aromatic carbocycles. The van der Waals surface area contributed by atoms with Gasteiger partial charge in [0.25, 0.3) is 0 Å². The topological polar surface area (TPSA) is 78.9 Å². The van der Waals surface area contributed by atoms with Crippen molar-refractivity contribution in [2.75, 3.05) is 13.2 Å². The SMILES string of the molecule is CCCCCCCCCCCCCCC(=O)OC[C@H](COC(=O)CCCCCCC)OC(=O)CCCCCCCCCCCCC. The number of hydrogen-bond acceptors (Lipinski definition) is 6. The van der Waals surface area contributed by atoms with Crippen LogP contribution in [0.5, 0.6) is 0 Å². The number of esters is 3. The summed E-state index contributed by atoms with van der Waals surface area (Å²) in [5.74, 6) is -0.875. The molecule has 0 aliphatic rings. The monoisotopic (exact) mass is 653 g/mol. The molecule has 272 valence electrons. The molecule has 0 spiro atoms. The summed E-state index contributed by atoms with van der Waals surface area (Å²) >= 11 is 0. The van der Waals surface area contributed by atoms with E-state index in [1.54, 1.807) is 0 Å². The zero-order valence-corrected chi connectivity index (χ0v) is 30.9. The van der Waals surface area contributed by atoms with Crippen LogP contribution in [-0.4, -0.2) is 37.2 Å². The van der Waals surface area contributed by atoms with Gasteiger partial charge in [-0.15, -0.1) is 0 Å². The first-order chi connectivity index (χ1) is 22.5. The maximum atomic E-state index is 12.6. The second kappa shape index (κ2) is 36.2. The molecule has 0 aromatic rings. The van der Waals surface area contributed by atoms with Gasteiger partial charge in [0.15, 0.2) is 6.10 Å². The second-order valence-electron chi connectivity index (χ2n) is 13.6. The van der Waals surface area contributed by atoms with E-state index >= 15 is 0 Å². The van der Waals surface area contributed by atoms with Gasteiger partial charge in [-0.3, -0.25) is 14.4 Å². The van der Waals surface area contributed by atoms with Crippen LogP contribution in [0.3, 0.4) is 0 Å². The molecule has 6 heteroatoms. The van der Waals surface area contributed by atoms with Gasteiger partial charge in [0, 0.05) is 19.3 Å². The number of carbonyl (C=O) groups is 3.